The molecule has 0 spiro atoms. The Morgan fingerprint density at radius 1 is 1.50 bits per heavy atom. The molecule has 20 heavy (non-hydrogen) atoms. The predicted octanol–water partition coefficient (Wildman–Crippen LogP) is 0.827. The van der Waals surface area contributed by atoms with Gasteiger partial charge in [-0.1, -0.05) is 13.3 Å². The summed E-state index contributed by atoms with van der Waals surface area (Å²) in [5, 5.41) is 17.6. The Labute approximate surface area is 119 Å². The van der Waals surface area contributed by atoms with E-state index in [1.54, 1.807) is 0 Å². The number of nitrogens with two attached hydrogens (primary N) is 1. The van der Waals surface area contributed by atoms with Gasteiger partial charge in [-0.15, -0.1) is 0 Å². The lowest BCUT2D eigenvalue weighted by molar-refractivity contribution is 0.254. The van der Waals surface area contributed by atoms with Gasteiger partial charge in [0.25, 0.3) is 0 Å². The summed E-state index contributed by atoms with van der Waals surface area (Å²) < 4.78 is 26.8. The van der Waals surface area contributed by atoms with E-state index in [1.165, 1.54) is 18.2 Å². The van der Waals surface area contributed by atoms with Crippen molar-refractivity contribution in [2.24, 2.45) is 5.92 Å². The van der Waals surface area contributed by atoms with Gasteiger partial charge in [0.1, 0.15) is 4.90 Å². The van der Waals surface area contributed by atoms with Crippen molar-refractivity contribution in [1.29, 1.82) is 5.26 Å². The van der Waals surface area contributed by atoms with Gasteiger partial charge in [-0.05, 0) is 30.5 Å². The summed E-state index contributed by atoms with van der Waals surface area (Å²) in [5.41, 5.74) is 6.03. The summed E-state index contributed by atoms with van der Waals surface area (Å²) in [6, 6.07) is 5.97. The molecule has 0 bridgehead atoms. The number of aliphatic hydroxyl groups is 1. The van der Waals surface area contributed by atoms with Gasteiger partial charge < -0.3 is 10.8 Å². The van der Waals surface area contributed by atoms with Crippen LogP contribution < -0.4 is 10.5 Å². The van der Waals surface area contributed by atoms with Crippen molar-refractivity contribution in [2.45, 2.75) is 24.7 Å². The zero-order valence-corrected chi connectivity index (χ0v) is 12.2. The Morgan fingerprint density at radius 2 is 2.20 bits per heavy atom. The Morgan fingerprint density at radius 3 is 2.70 bits per heavy atom. The van der Waals surface area contributed by atoms with Crippen LogP contribution >= 0.6 is 0 Å². The molecular weight excluding hydrogens is 278 g/mol. The van der Waals surface area contributed by atoms with E-state index in [9.17, 15) is 8.42 Å². The number of nitriles is 1. The summed E-state index contributed by atoms with van der Waals surface area (Å²) in [5.74, 6) is 0.0781. The zero-order chi connectivity index (χ0) is 15.2. The highest BCUT2D eigenvalue weighted by Gasteiger charge is 2.19. The Bertz CT molecular complexity index is 593. The maximum atomic E-state index is 12.1. The summed E-state index contributed by atoms with van der Waals surface area (Å²) in [7, 11) is -3.71. The first kappa shape index (κ1) is 16.4. The molecule has 110 valence electrons. The van der Waals surface area contributed by atoms with Gasteiger partial charge >= 0.3 is 0 Å². The number of nitrogens with zero attached hydrogens (tertiary/aromatic N) is 1. The van der Waals surface area contributed by atoms with Crippen molar-refractivity contribution in [3.8, 4) is 6.07 Å². The van der Waals surface area contributed by atoms with Crippen LogP contribution in [0, 0.1) is 17.2 Å². The molecule has 7 heteroatoms. The fraction of sp³-hybridized carbons (Fsp3) is 0.462. The number of nitrogen functional groups attached to an aromatic ring is 1. The average Bonchev–Trinajstić information content (AvgIpc) is 2.42. The van der Waals surface area contributed by atoms with Crippen molar-refractivity contribution in [2.75, 3.05) is 18.9 Å². The number of nitrogens with one attached hydrogen (secondary N) is 1. The van der Waals surface area contributed by atoms with E-state index >= 15 is 0 Å². The third kappa shape index (κ3) is 4.20. The lowest BCUT2D eigenvalue weighted by atomic mass is 10.0. The third-order valence-corrected chi connectivity index (χ3v) is 4.60. The van der Waals surface area contributed by atoms with Gasteiger partial charge in [0.2, 0.25) is 10.0 Å². The highest BCUT2D eigenvalue weighted by atomic mass is 32.2. The van der Waals surface area contributed by atoms with Gasteiger partial charge in [0.15, 0.2) is 0 Å². The molecule has 0 aliphatic heterocycles. The Kier molecular flexibility index (Phi) is 5.95. The topological polar surface area (TPSA) is 116 Å². The first-order valence-corrected chi connectivity index (χ1v) is 7.83. The molecule has 0 fully saturated rings. The Balaban J connectivity index is 2.87. The van der Waals surface area contributed by atoms with Gasteiger partial charge in [-0.2, -0.15) is 5.26 Å². The number of sulfonamides is 1. The number of aliphatic hydroxyl groups excluding tert-OH is 1. The van der Waals surface area contributed by atoms with Crippen LogP contribution in [-0.2, 0) is 10.0 Å². The monoisotopic (exact) mass is 297 g/mol. The summed E-state index contributed by atoms with van der Waals surface area (Å²) in [6.07, 6.45) is 1.31. The Hall–Kier alpha value is -1.62. The van der Waals surface area contributed by atoms with Crippen molar-refractivity contribution >= 4 is 15.7 Å². The van der Waals surface area contributed by atoms with E-state index in [0.29, 0.717) is 12.0 Å². The van der Waals surface area contributed by atoms with Gasteiger partial charge in [-0.25, -0.2) is 13.1 Å². The number of rotatable bonds is 7. The average molecular weight is 297 g/mol. The second-order valence-corrected chi connectivity index (χ2v) is 6.24. The molecule has 1 atom stereocenters. The van der Waals surface area contributed by atoms with E-state index in [-0.39, 0.29) is 29.7 Å². The molecule has 0 aliphatic rings. The van der Waals surface area contributed by atoms with E-state index in [1.807, 2.05) is 13.0 Å². The van der Waals surface area contributed by atoms with E-state index in [0.717, 1.165) is 6.42 Å². The van der Waals surface area contributed by atoms with Crippen molar-refractivity contribution < 1.29 is 13.5 Å². The second kappa shape index (κ2) is 7.24. The number of hydrogen-bond acceptors (Lipinski definition) is 5. The molecule has 0 amide bonds. The lowest BCUT2D eigenvalue weighted by Gasteiger charge is -2.15. The van der Waals surface area contributed by atoms with Gasteiger partial charge in [0.05, 0.1) is 17.3 Å². The van der Waals surface area contributed by atoms with Crippen LogP contribution in [-0.4, -0.2) is 26.7 Å². The summed E-state index contributed by atoms with van der Waals surface area (Å²) in [4.78, 5) is -0.0321. The van der Waals surface area contributed by atoms with Crippen LogP contribution in [0.5, 0.6) is 0 Å². The molecule has 1 aromatic rings. The molecule has 6 nitrogen and oxygen atoms in total. The third-order valence-electron chi connectivity index (χ3n) is 3.11. The molecule has 0 radical (unpaired) electrons. The predicted molar refractivity (Wildman–Crippen MR) is 76.2 cm³/mol. The SMILES string of the molecule is CCC(CCO)CNS(=O)(=O)c1ccc(C#N)cc1N. The molecule has 0 heterocycles. The normalized spacial score (nSPS) is 12.8. The molecule has 4 N–H and O–H groups in total. The summed E-state index contributed by atoms with van der Waals surface area (Å²) in [6.45, 7) is 2.21. The highest BCUT2D eigenvalue weighted by molar-refractivity contribution is 7.89. The highest BCUT2D eigenvalue weighted by Crippen LogP contribution is 2.19. The lowest BCUT2D eigenvalue weighted by Crippen LogP contribution is -2.30. The first-order chi connectivity index (χ1) is 9.44. The molecule has 0 saturated heterocycles. The van der Waals surface area contributed by atoms with Crippen LogP contribution in [0.4, 0.5) is 5.69 Å². The van der Waals surface area contributed by atoms with Crippen LogP contribution in [0.15, 0.2) is 23.1 Å². The fourth-order valence-corrected chi connectivity index (χ4v) is 3.03. The second-order valence-electron chi connectivity index (χ2n) is 4.50. The van der Waals surface area contributed by atoms with E-state index in [4.69, 9.17) is 16.1 Å². The minimum Gasteiger partial charge on any atom is -0.398 e. The largest absolute Gasteiger partial charge is 0.398 e. The van der Waals surface area contributed by atoms with Crippen molar-refractivity contribution in [1.82, 2.24) is 4.72 Å². The van der Waals surface area contributed by atoms with Crippen LogP contribution in [0.2, 0.25) is 0 Å². The van der Waals surface area contributed by atoms with Crippen LogP contribution in [0.1, 0.15) is 25.3 Å². The molecule has 0 aromatic heterocycles. The van der Waals surface area contributed by atoms with Gasteiger partial charge in [-0.3, -0.25) is 0 Å². The maximum absolute atomic E-state index is 12.1. The minimum atomic E-state index is -3.71. The van der Waals surface area contributed by atoms with E-state index in [2.05, 4.69) is 4.72 Å². The number of hydrogen-bond donors (Lipinski definition) is 3. The van der Waals surface area contributed by atoms with Crippen LogP contribution in [0.3, 0.4) is 0 Å². The first-order valence-electron chi connectivity index (χ1n) is 6.34. The molecule has 0 aliphatic carbocycles. The zero-order valence-electron chi connectivity index (χ0n) is 11.3. The summed E-state index contributed by atoms with van der Waals surface area (Å²) >= 11 is 0. The van der Waals surface area contributed by atoms with Crippen LogP contribution in [0.25, 0.3) is 0 Å². The molecule has 1 unspecified atom stereocenters. The molecule has 1 rings (SSSR count). The van der Waals surface area contributed by atoms with Gasteiger partial charge in [0, 0.05) is 13.2 Å². The van der Waals surface area contributed by atoms with Crippen molar-refractivity contribution in [3.63, 3.8) is 0 Å². The molecule has 0 saturated carbocycles. The fourth-order valence-electron chi connectivity index (χ4n) is 1.80. The maximum Gasteiger partial charge on any atom is 0.242 e. The number of benzene rings is 1. The minimum absolute atomic E-state index is 0.0270. The smallest absolute Gasteiger partial charge is 0.242 e. The van der Waals surface area contributed by atoms with Crippen molar-refractivity contribution in [3.05, 3.63) is 23.8 Å². The number of anilines is 1. The molecule has 1 aromatic carbocycles. The standard InChI is InChI=1S/C13H19N3O3S/c1-2-10(5-6-17)9-16-20(18,19)13-4-3-11(8-14)7-12(13)15/h3-4,7,10,16-17H,2,5-6,9,15H2,1H3. The quantitative estimate of drug-likeness (QED) is 0.644. The molecular formula is C13H19N3O3S. The van der Waals surface area contributed by atoms with E-state index < -0.39 is 10.0 Å².